The minimum absolute atomic E-state index is 0.00491. The van der Waals surface area contributed by atoms with E-state index in [1.54, 1.807) is 6.92 Å². The third kappa shape index (κ3) is 2.37. The van der Waals surface area contributed by atoms with Crippen LogP contribution in [0.3, 0.4) is 0 Å². The molecule has 0 aliphatic carbocycles. The summed E-state index contributed by atoms with van der Waals surface area (Å²) in [5.41, 5.74) is 0.722. The van der Waals surface area contributed by atoms with Gasteiger partial charge in [0.2, 0.25) is 0 Å². The molecule has 0 aliphatic rings. The van der Waals surface area contributed by atoms with E-state index in [1.807, 2.05) is 0 Å². The number of carbonyl (C=O) groups is 1. The highest BCUT2D eigenvalue weighted by molar-refractivity contribution is 6.57. The lowest BCUT2D eigenvalue weighted by Gasteiger charge is -1.97. The molecule has 1 aromatic heterocycles. The third-order valence-electron chi connectivity index (χ3n) is 1.83. The van der Waals surface area contributed by atoms with Crippen molar-refractivity contribution in [1.29, 1.82) is 0 Å². The molecule has 0 bridgehead atoms. The van der Waals surface area contributed by atoms with Gasteiger partial charge in [0.1, 0.15) is 17.8 Å². The zero-order valence-electron chi connectivity index (χ0n) is 7.98. The molecule has 0 saturated carbocycles. The Hall–Kier alpha value is -1.27. The third-order valence-corrected chi connectivity index (χ3v) is 1.83. The van der Waals surface area contributed by atoms with E-state index >= 15 is 0 Å². The summed E-state index contributed by atoms with van der Waals surface area (Å²) in [5.74, 6) is -0.0404. The average molecular weight is 198 g/mol. The second-order valence-corrected chi connectivity index (χ2v) is 2.88. The van der Waals surface area contributed by atoms with Gasteiger partial charge in [-0.15, -0.1) is 0 Å². The molecule has 0 amide bonds. The minimum atomic E-state index is -1.65. The van der Waals surface area contributed by atoms with E-state index < -0.39 is 13.1 Å². The summed E-state index contributed by atoms with van der Waals surface area (Å²) in [6, 6.07) is 1.48. The second kappa shape index (κ2) is 4.30. The van der Waals surface area contributed by atoms with E-state index in [2.05, 4.69) is 4.74 Å². The van der Waals surface area contributed by atoms with Crippen molar-refractivity contribution in [2.45, 2.75) is 13.3 Å². The van der Waals surface area contributed by atoms with Gasteiger partial charge in [-0.05, 0) is 18.6 Å². The van der Waals surface area contributed by atoms with Crippen molar-refractivity contribution in [1.82, 2.24) is 0 Å². The molecule has 0 aromatic carbocycles. The van der Waals surface area contributed by atoms with Crippen molar-refractivity contribution in [3.63, 3.8) is 0 Å². The average Bonchev–Trinajstić information content (AvgIpc) is 2.48. The Morgan fingerprint density at radius 2 is 2.29 bits per heavy atom. The summed E-state index contributed by atoms with van der Waals surface area (Å²) in [6.45, 7) is 1.72. The fourth-order valence-electron chi connectivity index (χ4n) is 1.05. The normalized spacial score (nSPS) is 10.0. The van der Waals surface area contributed by atoms with Crippen molar-refractivity contribution in [3.8, 4) is 0 Å². The van der Waals surface area contributed by atoms with Crippen LogP contribution in [-0.4, -0.2) is 30.2 Å². The van der Waals surface area contributed by atoms with Gasteiger partial charge in [-0.25, -0.2) is 0 Å². The summed E-state index contributed by atoms with van der Waals surface area (Å²) in [4.78, 5) is 10.9. The van der Waals surface area contributed by atoms with Crippen LogP contribution in [0.4, 0.5) is 0 Å². The van der Waals surface area contributed by atoms with Crippen LogP contribution in [0.25, 0.3) is 0 Å². The highest BCUT2D eigenvalue weighted by Crippen LogP contribution is 2.08. The number of hydrogen-bond donors (Lipinski definition) is 2. The van der Waals surface area contributed by atoms with Crippen molar-refractivity contribution >= 4 is 18.7 Å². The molecule has 1 heterocycles. The molecule has 0 atom stereocenters. The van der Waals surface area contributed by atoms with Crippen LogP contribution in [0.2, 0.25) is 0 Å². The van der Waals surface area contributed by atoms with Gasteiger partial charge in [-0.1, -0.05) is 0 Å². The molecule has 0 radical (unpaired) electrons. The first kappa shape index (κ1) is 10.8. The highest BCUT2D eigenvalue weighted by atomic mass is 16.5. The molecular formula is C8H11BO5. The van der Waals surface area contributed by atoms with Crippen molar-refractivity contribution in [2.24, 2.45) is 0 Å². The van der Waals surface area contributed by atoms with E-state index in [-0.39, 0.29) is 12.1 Å². The van der Waals surface area contributed by atoms with Crippen LogP contribution >= 0.6 is 0 Å². The van der Waals surface area contributed by atoms with Crippen LogP contribution in [0, 0.1) is 6.92 Å². The van der Waals surface area contributed by atoms with Gasteiger partial charge < -0.3 is 19.2 Å². The number of rotatable bonds is 3. The smallest absolute Gasteiger partial charge is 0.469 e. The predicted octanol–water partition coefficient (Wildman–Crippen LogP) is -1.02. The van der Waals surface area contributed by atoms with E-state index in [9.17, 15) is 4.79 Å². The van der Waals surface area contributed by atoms with E-state index in [1.165, 1.54) is 13.2 Å². The fraction of sp³-hybridized carbons (Fsp3) is 0.375. The van der Waals surface area contributed by atoms with Gasteiger partial charge in [0.05, 0.1) is 7.11 Å². The van der Waals surface area contributed by atoms with Crippen molar-refractivity contribution in [3.05, 3.63) is 17.4 Å². The second-order valence-electron chi connectivity index (χ2n) is 2.88. The zero-order valence-corrected chi connectivity index (χ0v) is 7.98. The molecule has 6 heteroatoms. The molecule has 76 valence electrons. The van der Waals surface area contributed by atoms with Gasteiger partial charge in [0.15, 0.2) is 0 Å². The fourth-order valence-corrected chi connectivity index (χ4v) is 1.05. The first-order valence-corrected chi connectivity index (χ1v) is 4.06. The number of esters is 1. The van der Waals surface area contributed by atoms with Gasteiger partial charge in [-0.3, -0.25) is 4.79 Å². The Morgan fingerprint density at radius 1 is 1.64 bits per heavy atom. The SMILES string of the molecule is COC(=O)Cc1oc(B(O)O)cc1C. The number of ether oxygens (including phenoxy) is 1. The monoisotopic (exact) mass is 198 g/mol. The highest BCUT2D eigenvalue weighted by Gasteiger charge is 2.19. The van der Waals surface area contributed by atoms with E-state index in [4.69, 9.17) is 14.5 Å². The summed E-state index contributed by atoms with van der Waals surface area (Å²) < 4.78 is 9.50. The summed E-state index contributed by atoms with van der Waals surface area (Å²) in [7, 11) is -0.373. The first-order valence-electron chi connectivity index (χ1n) is 4.06. The maximum atomic E-state index is 10.9. The summed E-state index contributed by atoms with van der Waals surface area (Å²) in [5, 5.41) is 17.6. The molecule has 2 N–H and O–H groups in total. The number of hydrogen-bond acceptors (Lipinski definition) is 5. The van der Waals surface area contributed by atoms with Crippen LogP contribution in [0.1, 0.15) is 11.3 Å². The number of furan rings is 1. The lowest BCUT2D eigenvalue weighted by Crippen LogP contribution is -2.28. The minimum Gasteiger partial charge on any atom is -0.469 e. The molecule has 0 spiro atoms. The van der Waals surface area contributed by atoms with Gasteiger partial charge in [0.25, 0.3) is 0 Å². The lowest BCUT2D eigenvalue weighted by molar-refractivity contribution is -0.140. The molecule has 0 aliphatic heterocycles. The maximum Gasteiger partial charge on any atom is 0.526 e. The van der Waals surface area contributed by atoms with Crippen LogP contribution in [0.5, 0.6) is 0 Å². The van der Waals surface area contributed by atoms with Crippen LogP contribution in [0.15, 0.2) is 10.5 Å². The number of carbonyl (C=O) groups excluding carboxylic acids is 1. The molecule has 1 aromatic rings. The largest absolute Gasteiger partial charge is 0.526 e. The quantitative estimate of drug-likeness (QED) is 0.480. The van der Waals surface area contributed by atoms with Crippen LogP contribution < -0.4 is 5.66 Å². The standard InChI is InChI=1S/C8H11BO5/c1-5-3-7(9(11)12)14-6(5)4-8(10)13-2/h3,11-12H,4H2,1-2H3. The number of aryl methyl sites for hydroxylation is 1. The molecule has 5 nitrogen and oxygen atoms in total. The summed E-state index contributed by atoms with van der Waals surface area (Å²) in [6.07, 6.45) is -0.00491. The molecule has 0 saturated heterocycles. The zero-order chi connectivity index (χ0) is 10.7. The Bertz CT molecular complexity index is 330. The molecule has 0 fully saturated rings. The maximum absolute atomic E-state index is 10.9. The van der Waals surface area contributed by atoms with Crippen molar-refractivity contribution in [2.75, 3.05) is 7.11 Å². The predicted molar refractivity (Wildman–Crippen MR) is 49.0 cm³/mol. The van der Waals surface area contributed by atoms with Crippen LogP contribution in [-0.2, 0) is 16.0 Å². The Balaban J connectivity index is 2.82. The number of methoxy groups -OCH3 is 1. The molecule has 1 rings (SSSR count). The lowest BCUT2D eigenvalue weighted by atomic mass is 9.88. The summed E-state index contributed by atoms with van der Waals surface area (Å²) >= 11 is 0. The molecule has 0 unspecified atom stereocenters. The van der Waals surface area contributed by atoms with Gasteiger partial charge in [0, 0.05) is 0 Å². The topological polar surface area (TPSA) is 79.9 Å². The Kier molecular flexibility index (Phi) is 3.32. The van der Waals surface area contributed by atoms with Crippen molar-refractivity contribution < 1.29 is 24.0 Å². The Labute approximate surface area is 81.4 Å². The molecular weight excluding hydrogens is 187 g/mol. The van der Waals surface area contributed by atoms with Gasteiger partial charge >= 0.3 is 13.1 Å². The van der Waals surface area contributed by atoms with E-state index in [0.29, 0.717) is 11.3 Å². The first-order chi connectivity index (χ1) is 6.54. The Morgan fingerprint density at radius 3 is 2.71 bits per heavy atom. The van der Waals surface area contributed by atoms with E-state index in [0.717, 1.165) is 0 Å². The van der Waals surface area contributed by atoms with Gasteiger partial charge in [-0.2, -0.15) is 0 Å². The molecule has 14 heavy (non-hydrogen) atoms.